The van der Waals surface area contributed by atoms with Crippen LogP contribution < -0.4 is 5.32 Å². The van der Waals surface area contributed by atoms with Crippen LogP contribution in [-0.2, 0) is 22.4 Å². The van der Waals surface area contributed by atoms with Gasteiger partial charge in [-0.25, -0.2) is 0 Å². The third-order valence-corrected chi connectivity index (χ3v) is 4.31. The maximum absolute atomic E-state index is 12.2. The largest absolute Gasteiger partial charge is 0.481 e. The van der Waals surface area contributed by atoms with E-state index in [0.29, 0.717) is 26.1 Å². The fourth-order valence-electron chi connectivity index (χ4n) is 2.74. The summed E-state index contributed by atoms with van der Waals surface area (Å²) in [4.78, 5) is 23.8. The quantitative estimate of drug-likeness (QED) is 0.839. The molecule has 6 nitrogen and oxygen atoms in total. The average Bonchev–Trinajstić information content (AvgIpc) is 2.96. The topological polar surface area (TPSA) is 88.8 Å². The summed E-state index contributed by atoms with van der Waals surface area (Å²) in [6.45, 7) is 4.88. The number of furan rings is 1. The lowest BCUT2D eigenvalue weighted by molar-refractivity contribution is -0.154. The molecule has 0 spiro atoms. The van der Waals surface area contributed by atoms with Crippen molar-refractivity contribution in [2.24, 2.45) is 5.41 Å². The Morgan fingerprint density at radius 2 is 1.95 bits per heavy atom. The Hall–Kier alpha value is -1.82. The first-order valence-electron chi connectivity index (χ1n) is 7.73. The number of nitrogens with one attached hydrogen (secondary N) is 1. The molecule has 0 bridgehead atoms. The van der Waals surface area contributed by atoms with Crippen molar-refractivity contribution in [2.45, 2.75) is 39.5 Å². The van der Waals surface area contributed by atoms with Crippen LogP contribution in [0, 0.1) is 5.41 Å². The van der Waals surface area contributed by atoms with Gasteiger partial charge in [0.15, 0.2) is 5.76 Å². The van der Waals surface area contributed by atoms with Crippen molar-refractivity contribution in [1.82, 2.24) is 5.32 Å². The second-order valence-electron chi connectivity index (χ2n) is 5.65. The van der Waals surface area contributed by atoms with Crippen molar-refractivity contribution >= 4 is 11.9 Å². The van der Waals surface area contributed by atoms with Gasteiger partial charge in [-0.3, -0.25) is 9.59 Å². The van der Waals surface area contributed by atoms with Crippen LogP contribution in [0.1, 0.15) is 48.6 Å². The summed E-state index contributed by atoms with van der Waals surface area (Å²) in [6.07, 6.45) is 2.34. The van der Waals surface area contributed by atoms with E-state index in [1.54, 1.807) is 6.07 Å². The maximum Gasteiger partial charge on any atom is 0.311 e. The molecule has 2 N–H and O–H groups in total. The van der Waals surface area contributed by atoms with E-state index >= 15 is 0 Å². The van der Waals surface area contributed by atoms with E-state index in [2.05, 4.69) is 5.32 Å². The number of carbonyl (C=O) groups is 2. The van der Waals surface area contributed by atoms with E-state index in [9.17, 15) is 14.7 Å². The lowest BCUT2D eigenvalue weighted by Gasteiger charge is -2.32. The second-order valence-corrected chi connectivity index (χ2v) is 5.65. The molecular weight excluding hydrogens is 286 g/mol. The number of carboxylic acids is 1. The van der Waals surface area contributed by atoms with Crippen LogP contribution in [0.25, 0.3) is 0 Å². The maximum atomic E-state index is 12.2. The highest BCUT2D eigenvalue weighted by Crippen LogP contribution is 2.30. The number of hydrogen-bond donors (Lipinski definition) is 2. The lowest BCUT2D eigenvalue weighted by Crippen LogP contribution is -2.46. The van der Waals surface area contributed by atoms with Crippen LogP contribution in [0.3, 0.4) is 0 Å². The van der Waals surface area contributed by atoms with Crippen LogP contribution >= 0.6 is 0 Å². The molecule has 1 aliphatic rings. The molecule has 122 valence electrons. The zero-order valence-corrected chi connectivity index (χ0v) is 13.1. The number of hydrogen-bond acceptors (Lipinski definition) is 4. The van der Waals surface area contributed by atoms with E-state index in [-0.39, 0.29) is 18.2 Å². The highest BCUT2D eigenvalue weighted by atomic mass is 16.5. The van der Waals surface area contributed by atoms with E-state index in [4.69, 9.17) is 9.15 Å². The number of carboxylic acid groups (broad SMARTS) is 1. The molecule has 2 heterocycles. The van der Waals surface area contributed by atoms with E-state index in [1.165, 1.54) is 0 Å². The Morgan fingerprint density at radius 1 is 1.27 bits per heavy atom. The summed E-state index contributed by atoms with van der Waals surface area (Å²) in [5.41, 5.74) is 0.0773. The van der Waals surface area contributed by atoms with Gasteiger partial charge in [0.05, 0.1) is 5.41 Å². The van der Waals surface area contributed by atoms with Gasteiger partial charge in [-0.1, -0.05) is 13.8 Å². The van der Waals surface area contributed by atoms with Gasteiger partial charge in [-0.05, 0) is 30.9 Å². The first-order chi connectivity index (χ1) is 10.5. The van der Waals surface area contributed by atoms with Gasteiger partial charge >= 0.3 is 5.97 Å². The molecule has 1 amide bonds. The van der Waals surface area contributed by atoms with Gasteiger partial charge in [0.1, 0.15) is 5.76 Å². The SMILES string of the molecule is CCc1cc(C(=O)NCC2(C(=O)O)CCOCC2)oc1CC. The van der Waals surface area contributed by atoms with E-state index in [0.717, 1.165) is 24.2 Å². The smallest absolute Gasteiger partial charge is 0.311 e. The third-order valence-electron chi connectivity index (χ3n) is 4.31. The van der Waals surface area contributed by atoms with Crippen molar-refractivity contribution in [2.75, 3.05) is 19.8 Å². The van der Waals surface area contributed by atoms with Gasteiger partial charge < -0.3 is 19.6 Å². The molecule has 1 aliphatic heterocycles. The van der Waals surface area contributed by atoms with Crippen LogP contribution in [-0.4, -0.2) is 36.7 Å². The first kappa shape index (κ1) is 16.5. The molecule has 2 rings (SSSR count). The minimum atomic E-state index is -0.943. The molecule has 1 saturated heterocycles. The Bertz CT molecular complexity index is 521. The van der Waals surface area contributed by atoms with Crippen molar-refractivity contribution < 1.29 is 23.8 Å². The Morgan fingerprint density at radius 3 is 2.45 bits per heavy atom. The zero-order valence-electron chi connectivity index (χ0n) is 13.1. The minimum Gasteiger partial charge on any atom is -0.481 e. The molecule has 0 aromatic carbocycles. The molecule has 6 heteroatoms. The molecule has 1 fully saturated rings. The Labute approximate surface area is 129 Å². The molecule has 0 unspecified atom stereocenters. The number of carbonyl (C=O) groups excluding carboxylic acids is 1. The second kappa shape index (κ2) is 6.96. The van der Waals surface area contributed by atoms with Crippen molar-refractivity contribution in [1.29, 1.82) is 0 Å². The molecule has 1 aromatic heterocycles. The number of ether oxygens (including phenoxy) is 1. The van der Waals surface area contributed by atoms with Gasteiger partial charge in [0.2, 0.25) is 0 Å². The highest BCUT2D eigenvalue weighted by Gasteiger charge is 2.40. The van der Waals surface area contributed by atoms with Crippen molar-refractivity contribution in [3.8, 4) is 0 Å². The summed E-state index contributed by atoms with van der Waals surface area (Å²) >= 11 is 0. The molecule has 0 saturated carbocycles. The van der Waals surface area contributed by atoms with Crippen LogP contribution in [0.15, 0.2) is 10.5 Å². The first-order valence-corrected chi connectivity index (χ1v) is 7.73. The molecule has 0 aliphatic carbocycles. The normalized spacial score (nSPS) is 17.2. The highest BCUT2D eigenvalue weighted by molar-refractivity contribution is 5.92. The lowest BCUT2D eigenvalue weighted by atomic mass is 9.80. The monoisotopic (exact) mass is 309 g/mol. The van der Waals surface area contributed by atoms with E-state index < -0.39 is 11.4 Å². The van der Waals surface area contributed by atoms with E-state index in [1.807, 2.05) is 13.8 Å². The fourth-order valence-corrected chi connectivity index (χ4v) is 2.74. The summed E-state index contributed by atoms with van der Waals surface area (Å²) in [6, 6.07) is 1.74. The van der Waals surface area contributed by atoms with Gasteiger partial charge in [-0.2, -0.15) is 0 Å². The van der Waals surface area contributed by atoms with Crippen molar-refractivity contribution in [3.05, 3.63) is 23.2 Å². The molecule has 0 atom stereocenters. The van der Waals surface area contributed by atoms with Crippen molar-refractivity contribution in [3.63, 3.8) is 0 Å². The minimum absolute atomic E-state index is 0.0914. The number of aryl methyl sites for hydroxylation is 2. The van der Waals surface area contributed by atoms with Crippen LogP contribution in [0.4, 0.5) is 0 Å². The summed E-state index contributed by atoms with van der Waals surface area (Å²) < 4.78 is 10.8. The number of amides is 1. The summed E-state index contributed by atoms with van der Waals surface area (Å²) in [5.74, 6) is -0.187. The molecule has 22 heavy (non-hydrogen) atoms. The summed E-state index contributed by atoms with van der Waals surface area (Å²) in [5, 5.41) is 12.2. The van der Waals surface area contributed by atoms with Crippen LogP contribution in [0.2, 0.25) is 0 Å². The zero-order chi connectivity index (χ0) is 16.2. The summed E-state index contributed by atoms with van der Waals surface area (Å²) in [7, 11) is 0. The molecule has 1 aromatic rings. The standard InChI is InChI=1S/C16H23NO5/c1-3-11-9-13(22-12(11)4-2)14(18)17-10-16(15(19)20)5-7-21-8-6-16/h9H,3-8,10H2,1-2H3,(H,17,18)(H,19,20). The third kappa shape index (κ3) is 3.32. The predicted molar refractivity (Wildman–Crippen MR) is 79.9 cm³/mol. The van der Waals surface area contributed by atoms with Gasteiger partial charge in [-0.15, -0.1) is 0 Å². The number of rotatable bonds is 6. The number of aliphatic carboxylic acids is 1. The Kier molecular flexibility index (Phi) is 5.24. The average molecular weight is 309 g/mol. The van der Waals surface area contributed by atoms with Gasteiger partial charge in [0.25, 0.3) is 5.91 Å². The Balaban J connectivity index is 2.05. The predicted octanol–water partition coefficient (Wildman–Crippen LogP) is 2.02. The van der Waals surface area contributed by atoms with Crippen LogP contribution in [0.5, 0.6) is 0 Å². The molecule has 0 radical (unpaired) electrons. The molecular formula is C16H23NO5. The fraction of sp³-hybridized carbons (Fsp3) is 0.625. The van der Waals surface area contributed by atoms with Gasteiger partial charge in [0, 0.05) is 26.2 Å².